The van der Waals surface area contributed by atoms with Crippen molar-refractivity contribution in [3.05, 3.63) is 64.5 Å². The van der Waals surface area contributed by atoms with E-state index in [-0.39, 0.29) is 5.91 Å². The fourth-order valence-electron chi connectivity index (χ4n) is 3.64. The third kappa shape index (κ3) is 2.79. The van der Waals surface area contributed by atoms with Gasteiger partial charge in [0.1, 0.15) is 0 Å². The largest absolute Gasteiger partial charge is 0.322 e. The number of nitrogens with zero attached hydrogens (tertiary/aromatic N) is 1. The molecule has 1 aromatic carbocycles. The number of carbonyl (C=O) groups is 1. The Morgan fingerprint density at radius 3 is 2.26 bits per heavy atom. The minimum Gasteiger partial charge on any atom is -0.322 e. The van der Waals surface area contributed by atoms with Gasteiger partial charge in [0, 0.05) is 17.5 Å². The molecule has 0 aliphatic heterocycles. The Morgan fingerprint density at radius 1 is 0.957 bits per heavy atom. The SMILES string of the molecule is O=C(/C=C\c1ccccc1)Nc1c2c(nc3c1CCC3)CCC2. The van der Waals surface area contributed by atoms with E-state index in [0.29, 0.717) is 0 Å². The molecule has 0 atom stereocenters. The first-order valence-corrected chi connectivity index (χ1v) is 8.39. The smallest absolute Gasteiger partial charge is 0.248 e. The molecule has 0 saturated heterocycles. The summed E-state index contributed by atoms with van der Waals surface area (Å²) in [6.45, 7) is 0. The van der Waals surface area contributed by atoms with Crippen LogP contribution in [0.3, 0.4) is 0 Å². The quantitative estimate of drug-likeness (QED) is 0.878. The van der Waals surface area contributed by atoms with Gasteiger partial charge in [0.25, 0.3) is 0 Å². The van der Waals surface area contributed by atoms with Gasteiger partial charge < -0.3 is 5.32 Å². The predicted molar refractivity (Wildman–Crippen MR) is 92.4 cm³/mol. The highest BCUT2D eigenvalue weighted by Crippen LogP contribution is 2.36. The molecule has 2 aliphatic carbocycles. The van der Waals surface area contributed by atoms with E-state index in [4.69, 9.17) is 4.98 Å². The van der Waals surface area contributed by atoms with Gasteiger partial charge in [0.05, 0.1) is 5.69 Å². The van der Waals surface area contributed by atoms with Gasteiger partial charge in [0.2, 0.25) is 5.91 Å². The molecule has 2 aliphatic rings. The molecule has 23 heavy (non-hydrogen) atoms. The maximum atomic E-state index is 12.4. The lowest BCUT2D eigenvalue weighted by Crippen LogP contribution is -2.13. The summed E-state index contributed by atoms with van der Waals surface area (Å²) in [5.41, 5.74) is 7.04. The Kier molecular flexibility index (Phi) is 3.70. The Bertz CT molecular complexity index is 746. The molecular formula is C20H20N2O. The van der Waals surface area contributed by atoms with E-state index in [2.05, 4.69) is 5.32 Å². The summed E-state index contributed by atoms with van der Waals surface area (Å²) in [5.74, 6) is -0.0525. The van der Waals surface area contributed by atoms with Crippen LogP contribution in [0.1, 0.15) is 40.9 Å². The van der Waals surface area contributed by atoms with Crippen molar-refractivity contribution >= 4 is 17.7 Å². The summed E-state index contributed by atoms with van der Waals surface area (Å²) in [5, 5.41) is 3.15. The molecule has 0 unspecified atom stereocenters. The first-order chi connectivity index (χ1) is 11.3. The molecule has 0 bridgehead atoms. The predicted octanol–water partition coefficient (Wildman–Crippen LogP) is 3.71. The van der Waals surface area contributed by atoms with E-state index in [9.17, 15) is 4.79 Å². The third-order valence-electron chi connectivity index (χ3n) is 4.73. The Balaban J connectivity index is 1.60. The number of hydrogen-bond acceptors (Lipinski definition) is 2. The fourth-order valence-corrected chi connectivity index (χ4v) is 3.64. The highest BCUT2D eigenvalue weighted by Gasteiger charge is 2.25. The zero-order valence-corrected chi connectivity index (χ0v) is 13.1. The van der Waals surface area contributed by atoms with Gasteiger partial charge in [-0.15, -0.1) is 0 Å². The number of rotatable bonds is 3. The van der Waals surface area contributed by atoms with Crippen molar-refractivity contribution in [2.45, 2.75) is 38.5 Å². The van der Waals surface area contributed by atoms with Crippen LogP contribution in [-0.4, -0.2) is 10.9 Å². The Morgan fingerprint density at radius 2 is 1.61 bits per heavy atom. The summed E-state index contributed by atoms with van der Waals surface area (Å²) in [6, 6.07) is 9.90. The fraction of sp³-hybridized carbons (Fsp3) is 0.300. The third-order valence-corrected chi connectivity index (χ3v) is 4.73. The Hall–Kier alpha value is -2.42. The lowest BCUT2D eigenvalue weighted by molar-refractivity contribution is -0.111. The molecule has 0 spiro atoms. The van der Waals surface area contributed by atoms with Crippen LogP contribution in [-0.2, 0) is 30.5 Å². The number of carbonyl (C=O) groups excluding carboxylic acids is 1. The normalized spacial score (nSPS) is 15.7. The monoisotopic (exact) mass is 304 g/mol. The first kappa shape index (κ1) is 14.2. The number of fused-ring (bicyclic) bond motifs is 2. The second-order valence-corrected chi connectivity index (χ2v) is 6.28. The minimum absolute atomic E-state index is 0.0525. The van der Waals surface area contributed by atoms with Crippen LogP contribution >= 0.6 is 0 Å². The summed E-state index contributed by atoms with van der Waals surface area (Å²) >= 11 is 0. The van der Waals surface area contributed by atoms with Crippen molar-refractivity contribution in [1.29, 1.82) is 0 Å². The van der Waals surface area contributed by atoms with Gasteiger partial charge in [-0.3, -0.25) is 9.78 Å². The Labute approximate surface area is 136 Å². The highest BCUT2D eigenvalue weighted by molar-refractivity contribution is 6.03. The van der Waals surface area contributed by atoms with Crippen LogP contribution in [0.25, 0.3) is 6.08 Å². The van der Waals surface area contributed by atoms with Gasteiger partial charge in [-0.2, -0.15) is 0 Å². The molecule has 4 rings (SSSR count). The molecule has 0 saturated carbocycles. The van der Waals surface area contributed by atoms with E-state index >= 15 is 0 Å². The number of hydrogen-bond donors (Lipinski definition) is 1. The van der Waals surface area contributed by atoms with Crippen molar-refractivity contribution in [2.24, 2.45) is 0 Å². The van der Waals surface area contributed by atoms with E-state index in [1.165, 1.54) is 22.5 Å². The number of anilines is 1. The number of aromatic nitrogens is 1. The molecule has 1 amide bonds. The topological polar surface area (TPSA) is 42.0 Å². The first-order valence-electron chi connectivity index (χ1n) is 8.39. The maximum Gasteiger partial charge on any atom is 0.248 e. The number of benzene rings is 1. The molecule has 1 heterocycles. The van der Waals surface area contributed by atoms with Gasteiger partial charge in [-0.05, 0) is 61.3 Å². The molecular weight excluding hydrogens is 284 g/mol. The van der Waals surface area contributed by atoms with Crippen LogP contribution in [0.15, 0.2) is 36.4 Å². The average Bonchev–Trinajstić information content (AvgIpc) is 3.22. The average molecular weight is 304 g/mol. The lowest BCUT2D eigenvalue weighted by atomic mass is 10.1. The second-order valence-electron chi connectivity index (χ2n) is 6.28. The molecule has 3 heteroatoms. The summed E-state index contributed by atoms with van der Waals surface area (Å²) in [4.78, 5) is 17.2. The molecule has 1 aromatic heterocycles. The highest BCUT2D eigenvalue weighted by atomic mass is 16.1. The van der Waals surface area contributed by atoms with Crippen LogP contribution in [0.5, 0.6) is 0 Å². The minimum atomic E-state index is -0.0525. The molecule has 3 nitrogen and oxygen atoms in total. The van der Waals surface area contributed by atoms with Crippen molar-refractivity contribution in [3.63, 3.8) is 0 Å². The van der Waals surface area contributed by atoms with Gasteiger partial charge >= 0.3 is 0 Å². The van der Waals surface area contributed by atoms with Crippen molar-refractivity contribution in [2.75, 3.05) is 5.32 Å². The maximum absolute atomic E-state index is 12.4. The second kappa shape index (κ2) is 5.99. The van der Waals surface area contributed by atoms with Crippen LogP contribution in [0.4, 0.5) is 5.69 Å². The van der Waals surface area contributed by atoms with Crippen molar-refractivity contribution in [1.82, 2.24) is 4.98 Å². The van der Waals surface area contributed by atoms with Crippen molar-refractivity contribution in [3.8, 4) is 0 Å². The van der Waals surface area contributed by atoms with Gasteiger partial charge in [-0.1, -0.05) is 30.3 Å². The van der Waals surface area contributed by atoms with Crippen LogP contribution in [0.2, 0.25) is 0 Å². The molecule has 116 valence electrons. The van der Waals surface area contributed by atoms with Crippen LogP contribution < -0.4 is 5.32 Å². The summed E-state index contributed by atoms with van der Waals surface area (Å²) in [6.07, 6.45) is 9.94. The lowest BCUT2D eigenvalue weighted by Gasteiger charge is -2.14. The van der Waals surface area contributed by atoms with Gasteiger partial charge in [-0.25, -0.2) is 0 Å². The molecule has 0 radical (unpaired) electrons. The number of aryl methyl sites for hydroxylation is 2. The van der Waals surface area contributed by atoms with E-state index in [1.54, 1.807) is 6.08 Å². The standard InChI is InChI=1S/C20H20N2O/c23-19(13-12-14-6-2-1-3-7-14)22-20-15-8-4-10-17(15)21-18-11-5-9-16(18)20/h1-3,6-7,12-13H,4-5,8-11H2,(H,21,22,23)/b13-12-. The summed E-state index contributed by atoms with van der Waals surface area (Å²) < 4.78 is 0. The van der Waals surface area contributed by atoms with Crippen LogP contribution in [0, 0.1) is 0 Å². The van der Waals surface area contributed by atoms with E-state index in [1.807, 2.05) is 36.4 Å². The summed E-state index contributed by atoms with van der Waals surface area (Å²) in [7, 11) is 0. The number of amides is 1. The zero-order chi connectivity index (χ0) is 15.6. The molecule has 1 N–H and O–H groups in total. The molecule has 0 fully saturated rings. The van der Waals surface area contributed by atoms with E-state index in [0.717, 1.165) is 49.8 Å². The van der Waals surface area contributed by atoms with Gasteiger partial charge in [0.15, 0.2) is 0 Å². The van der Waals surface area contributed by atoms with Crippen molar-refractivity contribution < 1.29 is 4.79 Å². The zero-order valence-electron chi connectivity index (χ0n) is 13.1. The molecule has 2 aromatic rings. The number of nitrogens with one attached hydrogen (secondary N) is 1. The number of pyridine rings is 1. The van der Waals surface area contributed by atoms with E-state index < -0.39 is 0 Å².